The molecule has 0 aliphatic heterocycles. The fraction of sp³-hybridized carbons (Fsp3) is 0.333. The minimum atomic E-state index is 0.0313. The Kier molecular flexibility index (Phi) is 4.90. The van der Waals surface area contributed by atoms with Crippen molar-refractivity contribution in [2.75, 3.05) is 11.9 Å². The highest BCUT2D eigenvalue weighted by Crippen LogP contribution is 2.34. The summed E-state index contributed by atoms with van der Waals surface area (Å²) < 4.78 is 2.91. The van der Waals surface area contributed by atoms with E-state index < -0.39 is 0 Å². The lowest BCUT2D eigenvalue weighted by molar-refractivity contribution is 0.281. The van der Waals surface area contributed by atoms with Crippen molar-refractivity contribution in [3.05, 3.63) is 25.6 Å². The van der Waals surface area contributed by atoms with Crippen molar-refractivity contribution in [3.63, 3.8) is 0 Å². The predicted molar refractivity (Wildman–Crippen MR) is 69.7 cm³/mol. The van der Waals surface area contributed by atoms with Crippen molar-refractivity contribution in [3.8, 4) is 0 Å². The molecule has 0 aromatic heterocycles. The first-order valence-corrected chi connectivity index (χ1v) is 6.44. The fourth-order valence-corrected chi connectivity index (χ4v) is 3.46. The van der Waals surface area contributed by atoms with E-state index in [0.717, 1.165) is 19.1 Å². The standard InChI is InChI=1S/C9H10Br3NO/c1-5(4-14)13-9-7(11)2-6(10)3-8(9)12/h2-3,5,13-14H,4H2,1H3. The number of benzene rings is 1. The average Bonchev–Trinajstić information content (AvgIpc) is 2.10. The Morgan fingerprint density at radius 1 is 1.29 bits per heavy atom. The van der Waals surface area contributed by atoms with Crippen LogP contribution in [0.15, 0.2) is 25.6 Å². The molecule has 14 heavy (non-hydrogen) atoms. The van der Waals surface area contributed by atoms with Crippen molar-refractivity contribution < 1.29 is 5.11 Å². The van der Waals surface area contributed by atoms with Crippen LogP contribution in [0.4, 0.5) is 5.69 Å². The zero-order valence-corrected chi connectivity index (χ0v) is 12.3. The zero-order valence-electron chi connectivity index (χ0n) is 7.52. The summed E-state index contributed by atoms with van der Waals surface area (Å²) in [5, 5.41) is 12.1. The van der Waals surface area contributed by atoms with Crippen molar-refractivity contribution in [2.45, 2.75) is 13.0 Å². The number of aliphatic hydroxyl groups is 1. The lowest BCUT2D eigenvalue weighted by Gasteiger charge is -2.15. The average molecular weight is 388 g/mol. The normalized spacial score (nSPS) is 12.6. The molecule has 0 spiro atoms. The van der Waals surface area contributed by atoms with Gasteiger partial charge in [-0.1, -0.05) is 15.9 Å². The number of aliphatic hydroxyl groups excluding tert-OH is 1. The number of hydrogen-bond acceptors (Lipinski definition) is 2. The largest absolute Gasteiger partial charge is 0.394 e. The first-order chi connectivity index (χ1) is 6.54. The van der Waals surface area contributed by atoms with Gasteiger partial charge >= 0.3 is 0 Å². The van der Waals surface area contributed by atoms with Crippen LogP contribution in [0.5, 0.6) is 0 Å². The van der Waals surface area contributed by atoms with Gasteiger partial charge in [0.15, 0.2) is 0 Å². The summed E-state index contributed by atoms with van der Waals surface area (Å²) in [4.78, 5) is 0. The van der Waals surface area contributed by atoms with Gasteiger partial charge in [0.2, 0.25) is 0 Å². The fourth-order valence-electron chi connectivity index (χ4n) is 0.972. The van der Waals surface area contributed by atoms with Crippen LogP contribution in [0.25, 0.3) is 0 Å². The Labute approximate surface area is 108 Å². The highest BCUT2D eigenvalue weighted by molar-refractivity contribution is 9.11. The van der Waals surface area contributed by atoms with Gasteiger partial charge < -0.3 is 10.4 Å². The molecule has 1 atom stereocenters. The topological polar surface area (TPSA) is 32.3 Å². The van der Waals surface area contributed by atoms with Crippen LogP contribution >= 0.6 is 47.8 Å². The van der Waals surface area contributed by atoms with Crippen LogP contribution in [0.2, 0.25) is 0 Å². The third-order valence-electron chi connectivity index (χ3n) is 1.67. The van der Waals surface area contributed by atoms with Gasteiger partial charge in [-0.15, -0.1) is 0 Å². The van der Waals surface area contributed by atoms with Gasteiger partial charge in [0.05, 0.1) is 12.3 Å². The first-order valence-electron chi connectivity index (χ1n) is 4.06. The van der Waals surface area contributed by atoms with Crippen molar-refractivity contribution in [2.24, 2.45) is 0 Å². The number of halogens is 3. The number of nitrogens with one attached hydrogen (secondary N) is 1. The van der Waals surface area contributed by atoms with Crippen LogP contribution < -0.4 is 5.32 Å². The molecule has 1 aromatic rings. The van der Waals surface area contributed by atoms with E-state index in [0.29, 0.717) is 0 Å². The van der Waals surface area contributed by atoms with E-state index in [1.54, 1.807) is 0 Å². The Morgan fingerprint density at radius 2 is 1.79 bits per heavy atom. The van der Waals surface area contributed by atoms with Gasteiger partial charge in [0.1, 0.15) is 0 Å². The van der Waals surface area contributed by atoms with Crippen molar-refractivity contribution in [1.82, 2.24) is 0 Å². The quantitative estimate of drug-likeness (QED) is 0.827. The van der Waals surface area contributed by atoms with Crippen LogP contribution in [0.3, 0.4) is 0 Å². The molecule has 0 heterocycles. The molecular weight excluding hydrogens is 378 g/mol. The highest BCUT2D eigenvalue weighted by atomic mass is 79.9. The van der Waals surface area contributed by atoms with Gasteiger partial charge in [0.25, 0.3) is 0 Å². The van der Waals surface area contributed by atoms with Crippen LogP contribution in [-0.4, -0.2) is 17.8 Å². The van der Waals surface area contributed by atoms with E-state index >= 15 is 0 Å². The van der Waals surface area contributed by atoms with E-state index in [9.17, 15) is 0 Å². The number of anilines is 1. The van der Waals surface area contributed by atoms with Gasteiger partial charge in [-0.05, 0) is 50.9 Å². The maximum Gasteiger partial charge on any atom is 0.0632 e. The molecule has 0 amide bonds. The number of rotatable bonds is 3. The maximum atomic E-state index is 8.93. The van der Waals surface area contributed by atoms with Crippen LogP contribution in [0, 0.1) is 0 Å². The Balaban J connectivity index is 2.96. The summed E-state index contributed by atoms with van der Waals surface area (Å²) in [7, 11) is 0. The first kappa shape index (κ1) is 12.5. The molecule has 1 unspecified atom stereocenters. The lowest BCUT2D eigenvalue weighted by Crippen LogP contribution is -2.19. The number of hydrogen-bond donors (Lipinski definition) is 2. The Morgan fingerprint density at radius 3 is 2.21 bits per heavy atom. The molecule has 2 N–H and O–H groups in total. The summed E-state index contributed by atoms with van der Waals surface area (Å²) in [6.07, 6.45) is 0. The van der Waals surface area contributed by atoms with Gasteiger partial charge in [-0.2, -0.15) is 0 Å². The van der Waals surface area contributed by atoms with Crippen LogP contribution in [0.1, 0.15) is 6.92 Å². The molecule has 1 aromatic carbocycles. The molecule has 1 rings (SSSR count). The lowest BCUT2D eigenvalue weighted by atomic mass is 10.3. The van der Waals surface area contributed by atoms with Crippen molar-refractivity contribution >= 4 is 53.5 Å². The highest BCUT2D eigenvalue weighted by Gasteiger charge is 2.08. The molecule has 0 fully saturated rings. The smallest absolute Gasteiger partial charge is 0.0632 e. The SMILES string of the molecule is CC(CO)Nc1c(Br)cc(Br)cc1Br. The molecule has 0 aliphatic carbocycles. The summed E-state index contributed by atoms with van der Waals surface area (Å²) in [5.74, 6) is 0. The molecule has 0 bridgehead atoms. The monoisotopic (exact) mass is 385 g/mol. The van der Waals surface area contributed by atoms with Crippen LogP contribution in [-0.2, 0) is 0 Å². The van der Waals surface area contributed by atoms with E-state index in [4.69, 9.17) is 5.11 Å². The second-order valence-corrected chi connectivity index (χ2v) is 5.60. The van der Waals surface area contributed by atoms with Gasteiger partial charge in [-0.25, -0.2) is 0 Å². The van der Waals surface area contributed by atoms with E-state index in [2.05, 4.69) is 53.1 Å². The third kappa shape index (κ3) is 3.22. The molecule has 0 saturated carbocycles. The minimum Gasteiger partial charge on any atom is -0.394 e. The molecule has 5 heteroatoms. The van der Waals surface area contributed by atoms with E-state index in [1.165, 1.54) is 0 Å². The van der Waals surface area contributed by atoms with E-state index in [1.807, 2.05) is 19.1 Å². The molecule has 0 radical (unpaired) electrons. The molecule has 78 valence electrons. The Bertz CT molecular complexity index is 307. The van der Waals surface area contributed by atoms with Gasteiger partial charge in [0, 0.05) is 19.5 Å². The second kappa shape index (κ2) is 5.49. The summed E-state index contributed by atoms with van der Waals surface area (Å²) in [5.41, 5.74) is 0.953. The summed E-state index contributed by atoms with van der Waals surface area (Å²) >= 11 is 10.3. The maximum absolute atomic E-state index is 8.93. The van der Waals surface area contributed by atoms with Crippen molar-refractivity contribution in [1.29, 1.82) is 0 Å². The minimum absolute atomic E-state index is 0.0313. The molecular formula is C9H10Br3NO. The molecule has 0 aliphatic rings. The Hall–Kier alpha value is 0.420. The van der Waals surface area contributed by atoms with E-state index in [-0.39, 0.29) is 12.6 Å². The molecule has 0 saturated heterocycles. The zero-order chi connectivity index (χ0) is 10.7. The third-order valence-corrected chi connectivity index (χ3v) is 3.38. The van der Waals surface area contributed by atoms with Gasteiger partial charge in [-0.3, -0.25) is 0 Å². The molecule has 2 nitrogen and oxygen atoms in total. The summed E-state index contributed by atoms with van der Waals surface area (Å²) in [6.45, 7) is 2.02. The second-order valence-electron chi connectivity index (χ2n) is 2.97. The summed E-state index contributed by atoms with van der Waals surface area (Å²) in [6, 6.07) is 3.94. The predicted octanol–water partition coefficient (Wildman–Crippen LogP) is 3.77.